The fourth-order valence-corrected chi connectivity index (χ4v) is 1.68. The van der Waals surface area contributed by atoms with Crippen molar-refractivity contribution in [1.29, 1.82) is 0 Å². The SMILES string of the molecule is CCCOC(C)(C)C(C)(C)C(C)COC(C)C. The van der Waals surface area contributed by atoms with Crippen LogP contribution in [0.25, 0.3) is 0 Å². The van der Waals surface area contributed by atoms with Crippen LogP contribution in [0, 0.1) is 11.3 Å². The summed E-state index contributed by atoms with van der Waals surface area (Å²) in [5, 5.41) is 0. The quantitative estimate of drug-likeness (QED) is 0.634. The van der Waals surface area contributed by atoms with Crippen molar-refractivity contribution < 1.29 is 9.47 Å². The molecule has 0 rings (SSSR count). The van der Waals surface area contributed by atoms with Gasteiger partial charge < -0.3 is 9.47 Å². The first-order valence-electron chi connectivity index (χ1n) is 6.90. The van der Waals surface area contributed by atoms with Gasteiger partial charge in [0.05, 0.1) is 18.3 Å². The Bertz CT molecular complexity index is 207. The molecule has 0 aromatic carbocycles. The Kier molecular flexibility index (Phi) is 6.71. The molecule has 0 amide bonds. The normalized spacial score (nSPS) is 15.4. The average Bonchev–Trinajstić information content (AvgIpc) is 2.22. The highest BCUT2D eigenvalue weighted by molar-refractivity contribution is 4.91. The summed E-state index contributed by atoms with van der Waals surface area (Å²) >= 11 is 0. The topological polar surface area (TPSA) is 18.5 Å². The smallest absolute Gasteiger partial charge is 0.0680 e. The minimum Gasteiger partial charge on any atom is -0.378 e. The Morgan fingerprint density at radius 3 is 1.94 bits per heavy atom. The Morgan fingerprint density at radius 1 is 1.00 bits per heavy atom. The van der Waals surface area contributed by atoms with Gasteiger partial charge in [-0.2, -0.15) is 0 Å². The van der Waals surface area contributed by atoms with Gasteiger partial charge in [0, 0.05) is 6.61 Å². The van der Waals surface area contributed by atoms with Crippen molar-refractivity contribution in [3.8, 4) is 0 Å². The molecule has 0 fully saturated rings. The molecule has 0 aliphatic carbocycles. The summed E-state index contributed by atoms with van der Waals surface area (Å²) in [4.78, 5) is 0. The van der Waals surface area contributed by atoms with Crippen LogP contribution in [0.5, 0.6) is 0 Å². The summed E-state index contributed by atoms with van der Waals surface area (Å²) in [5.41, 5.74) is -0.0280. The van der Waals surface area contributed by atoms with Gasteiger partial charge in [0.2, 0.25) is 0 Å². The molecule has 0 aliphatic rings. The summed E-state index contributed by atoms with van der Waals surface area (Å²) in [6.07, 6.45) is 1.36. The van der Waals surface area contributed by atoms with E-state index in [1.807, 2.05) is 0 Å². The van der Waals surface area contributed by atoms with Crippen LogP contribution in [-0.2, 0) is 9.47 Å². The molecule has 17 heavy (non-hydrogen) atoms. The lowest BCUT2D eigenvalue weighted by atomic mass is 9.68. The lowest BCUT2D eigenvalue weighted by Crippen LogP contribution is -2.47. The Hall–Kier alpha value is -0.0800. The zero-order valence-electron chi connectivity index (χ0n) is 13.1. The molecule has 0 heterocycles. The Balaban J connectivity index is 4.50. The minimum absolute atomic E-state index is 0.0943. The molecule has 0 radical (unpaired) electrons. The summed E-state index contributed by atoms with van der Waals surface area (Å²) < 4.78 is 11.7. The molecule has 0 aromatic rings. The number of ether oxygens (including phenoxy) is 2. The molecule has 104 valence electrons. The highest BCUT2D eigenvalue weighted by Crippen LogP contribution is 2.40. The van der Waals surface area contributed by atoms with Gasteiger partial charge in [-0.05, 0) is 45.4 Å². The van der Waals surface area contributed by atoms with Crippen LogP contribution >= 0.6 is 0 Å². The molecule has 2 heteroatoms. The molecular weight excluding hydrogens is 212 g/mol. The van der Waals surface area contributed by atoms with Crippen LogP contribution in [0.1, 0.15) is 61.8 Å². The second-order valence-electron chi connectivity index (χ2n) is 6.36. The van der Waals surface area contributed by atoms with Crippen molar-refractivity contribution in [3.05, 3.63) is 0 Å². The van der Waals surface area contributed by atoms with Crippen LogP contribution in [0.4, 0.5) is 0 Å². The molecule has 0 N–H and O–H groups in total. The maximum absolute atomic E-state index is 6.02. The first kappa shape index (κ1) is 16.9. The summed E-state index contributed by atoms with van der Waals surface area (Å²) in [6, 6.07) is 0. The highest BCUT2D eigenvalue weighted by Gasteiger charge is 2.42. The maximum atomic E-state index is 6.02. The van der Waals surface area contributed by atoms with Gasteiger partial charge in [-0.1, -0.05) is 27.7 Å². The van der Waals surface area contributed by atoms with Crippen LogP contribution in [0.2, 0.25) is 0 Å². The largest absolute Gasteiger partial charge is 0.378 e. The van der Waals surface area contributed by atoms with Crippen LogP contribution in [0.3, 0.4) is 0 Å². The fourth-order valence-electron chi connectivity index (χ4n) is 1.68. The lowest BCUT2D eigenvalue weighted by Gasteiger charge is -2.45. The van der Waals surface area contributed by atoms with E-state index in [1.165, 1.54) is 0 Å². The molecule has 1 unspecified atom stereocenters. The molecule has 0 saturated heterocycles. The maximum Gasteiger partial charge on any atom is 0.0680 e. The third-order valence-corrected chi connectivity index (χ3v) is 4.13. The summed E-state index contributed by atoms with van der Waals surface area (Å²) in [7, 11) is 0. The van der Waals surface area contributed by atoms with E-state index < -0.39 is 0 Å². The second kappa shape index (κ2) is 6.75. The van der Waals surface area contributed by atoms with Crippen molar-refractivity contribution in [3.63, 3.8) is 0 Å². The Morgan fingerprint density at radius 2 is 1.53 bits per heavy atom. The van der Waals surface area contributed by atoms with E-state index in [0.717, 1.165) is 19.6 Å². The van der Waals surface area contributed by atoms with Gasteiger partial charge >= 0.3 is 0 Å². The van der Waals surface area contributed by atoms with E-state index in [9.17, 15) is 0 Å². The first-order chi connectivity index (χ1) is 7.65. The monoisotopic (exact) mass is 244 g/mol. The minimum atomic E-state index is -0.122. The highest BCUT2D eigenvalue weighted by atomic mass is 16.5. The van der Waals surface area contributed by atoms with Crippen molar-refractivity contribution in [2.75, 3.05) is 13.2 Å². The van der Waals surface area contributed by atoms with E-state index in [2.05, 4.69) is 55.4 Å². The van der Waals surface area contributed by atoms with Crippen LogP contribution < -0.4 is 0 Å². The average molecular weight is 244 g/mol. The standard InChI is InChI=1S/C15H32O2/c1-9-10-17-15(7,8)14(5,6)13(4)11-16-12(2)3/h12-13H,9-11H2,1-8H3. The molecule has 1 atom stereocenters. The van der Waals surface area contributed by atoms with Crippen molar-refractivity contribution >= 4 is 0 Å². The second-order valence-corrected chi connectivity index (χ2v) is 6.36. The molecule has 0 bridgehead atoms. The van der Waals surface area contributed by atoms with E-state index in [-0.39, 0.29) is 11.0 Å². The van der Waals surface area contributed by atoms with Gasteiger partial charge in [0.1, 0.15) is 0 Å². The summed E-state index contributed by atoms with van der Waals surface area (Å²) in [5.74, 6) is 0.469. The zero-order valence-corrected chi connectivity index (χ0v) is 13.1. The van der Waals surface area contributed by atoms with E-state index in [1.54, 1.807) is 0 Å². The molecule has 0 saturated carbocycles. The van der Waals surface area contributed by atoms with E-state index in [4.69, 9.17) is 9.47 Å². The van der Waals surface area contributed by atoms with Gasteiger partial charge in [0.15, 0.2) is 0 Å². The third-order valence-electron chi connectivity index (χ3n) is 4.13. The number of rotatable bonds is 8. The van der Waals surface area contributed by atoms with E-state index >= 15 is 0 Å². The number of hydrogen-bond donors (Lipinski definition) is 0. The van der Waals surface area contributed by atoms with Gasteiger partial charge in [-0.3, -0.25) is 0 Å². The summed E-state index contributed by atoms with van der Waals surface area (Å²) in [6.45, 7) is 19.1. The van der Waals surface area contributed by atoms with Gasteiger partial charge in [0.25, 0.3) is 0 Å². The number of hydrogen-bond acceptors (Lipinski definition) is 2. The van der Waals surface area contributed by atoms with Crippen LogP contribution in [0.15, 0.2) is 0 Å². The van der Waals surface area contributed by atoms with Crippen molar-refractivity contribution in [1.82, 2.24) is 0 Å². The predicted molar refractivity (Wildman–Crippen MR) is 74.4 cm³/mol. The van der Waals surface area contributed by atoms with E-state index in [0.29, 0.717) is 12.0 Å². The zero-order chi connectivity index (χ0) is 13.7. The molecular formula is C15H32O2. The third kappa shape index (κ3) is 4.97. The molecule has 0 aromatic heterocycles. The first-order valence-corrected chi connectivity index (χ1v) is 6.90. The fraction of sp³-hybridized carbons (Fsp3) is 1.00. The molecule has 0 spiro atoms. The van der Waals surface area contributed by atoms with Gasteiger partial charge in [-0.15, -0.1) is 0 Å². The van der Waals surface area contributed by atoms with Crippen LogP contribution in [-0.4, -0.2) is 24.9 Å². The predicted octanol–water partition coefficient (Wildman–Crippen LogP) is 4.28. The lowest BCUT2D eigenvalue weighted by molar-refractivity contribution is -0.131. The molecule has 0 aliphatic heterocycles. The van der Waals surface area contributed by atoms with Crippen molar-refractivity contribution in [2.45, 2.75) is 73.5 Å². The molecule has 2 nitrogen and oxygen atoms in total. The van der Waals surface area contributed by atoms with Crippen molar-refractivity contribution in [2.24, 2.45) is 11.3 Å². The Labute approximate surface area is 108 Å². The van der Waals surface area contributed by atoms with Gasteiger partial charge in [-0.25, -0.2) is 0 Å².